The Balaban J connectivity index is 1.70. The summed E-state index contributed by atoms with van der Waals surface area (Å²) in [7, 11) is 0. The number of hydrogen-bond donors (Lipinski definition) is 2. The van der Waals surface area contributed by atoms with E-state index in [9.17, 15) is 14.7 Å². The highest BCUT2D eigenvalue weighted by Crippen LogP contribution is 2.27. The first-order valence-corrected chi connectivity index (χ1v) is 9.25. The molecule has 7 heteroatoms. The predicted octanol–water partition coefficient (Wildman–Crippen LogP) is 4.53. The highest BCUT2D eigenvalue weighted by molar-refractivity contribution is 6.30. The molecule has 0 aliphatic carbocycles. The van der Waals surface area contributed by atoms with Gasteiger partial charge in [-0.1, -0.05) is 41.9 Å². The van der Waals surface area contributed by atoms with Crippen LogP contribution < -0.4 is 5.32 Å². The van der Waals surface area contributed by atoms with Crippen LogP contribution in [0.1, 0.15) is 16.1 Å². The summed E-state index contributed by atoms with van der Waals surface area (Å²) in [5.74, 6) is -1.43. The number of rotatable bonds is 5. The molecule has 2 N–H and O–H groups in total. The fourth-order valence-electron chi connectivity index (χ4n) is 3.18. The second kappa shape index (κ2) is 7.77. The summed E-state index contributed by atoms with van der Waals surface area (Å²) in [6, 6.07) is 19.2. The third-order valence-corrected chi connectivity index (χ3v) is 4.76. The van der Waals surface area contributed by atoms with Crippen LogP contribution in [-0.4, -0.2) is 26.4 Å². The number of imidazole rings is 1. The quantitative estimate of drug-likeness (QED) is 0.510. The standard InChI is InChI=1S/C22H16ClN3O3/c23-15-10-8-14(9-11-15)21-18(26-12-4-3-7-19(26)25-21)13-20(27)24-17-6-2-1-5-16(17)22(28)29/h1-12H,13H2,(H,24,27)(H,28,29). The van der Waals surface area contributed by atoms with Gasteiger partial charge in [-0.2, -0.15) is 0 Å². The summed E-state index contributed by atoms with van der Waals surface area (Å²) in [6.07, 6.45) is 1.87. The molecule has 0 radical (unpaired) electrons. The molecule has 0 aliphatic heterocycles. The molecule has 29 heavy (non-hydrogen) atoms. The number of halogens is 1. The molecule has 0 bridgehead atoms. The van der Waals surface area contributed by atoms with Crippen LogP contribution in [0.4, 0.5) is 5.69 Å². The fourth-order valence-corrected chi connectivity index (χ4v) is 3.31. The molecule has 0 saturated heterocycles. The molecule has 0 unspecified atom stereocenters. The first kappa shape index (κ1) is 18.7. The van der Waals surface area contributed by atoms with E-state index in [0.717, 1.165) is 5.56 Å². The number of para-hydroxylation sites is 1. The van der Waals surface area contributed by atoms with E-state index in [1.54, 1.807) is 30.3 Å². The van der Waals surface area contributed by atoms with E-state index in [-0.39, 0.29) is 23.6 Å². The molecular formula is C22H16ClN3O3. The van der Waals surface area contributed by atoms with Gasteiger partial charge in [0.25, 0.3) is 0 Å². The molecule has 1 amide bonds. The molecule has 0 aliphatic rings. The lowest BCUT2D eigenvalue weighted by atomic mass is 10.1. The predicted molar refractivity (Wildman–Crippen MR) is 111 cm³/mol. The zero-order valence-electron chi connectivity index (χ0n) is 15.2. The van der Waals surface area contributed by atoms with Crippen molar-refractivity contribution in [2.75, 3.05) is 5.32 Å². The summed E-state index contributed by atoms with van der Waals surface area (Å²) >= 11 is 5.99. The second-order valence-corrected chi connectivity index (χ2v) is 6.85. The molecule has 2 heterocycles. The highest BCUT2D eigenvalue weighted by atomic mass is 35.5. The number of carbonyl (C=O) groups excluding carboxylic acids is 1. The van der Waals surface area contributed by atoms with Crippen molar-refractivity contribution >= 4 is 34.8 Å². The van der Waals surface area contributed by atoms with E-state index in [4.69, 9.17) is 11.6 Å². The average molecular weight is 406 g/mol. The van der Waals surface area contributed by atoms with Crippen molar-refractivity contribution in [3.05, 3.63) is 89.2 Å². The lowest BCUT2D eigenvalue weighted by molar-refractivity contribution is -0.115. The van der Waals surface area contributed by atoms with Gasteiger partial charge in [0.05, 0.1) is 29.1 Å². The van der Waals surface area contributed by atoms with Gasteiger partial charge in [0.1, 0.15) is 5.65 Å². The largest absolute Gasteiger partial charge is 0.478 e. The van der Waals surface area contributed by atoms with Crippen LogP contribution in [0.25, 0.3) is 16.9 Å². The Kier molecular flexibility index (Phi) is 5.01. The number of carboxylic acids is 1. The lowest BCUT2D eigenvalue weighted by Gasteiger charge is -2.09. The van der Waals surface area contributed by atoms with Crippen molar-refractivity contribution in [1.29, 1.82) is 0 Å². The second-order valence-electron chi connectivity index (χ2n) is 6.42. The van der Waals surface area contributed by atoms with Crippen LogP contribution >= 0.6 is 11.6 Å². The number of pyridine rings is 1. The first-order valence-electron chi connectivity index (χ1n) is 8.87. The molecule has 144 valence electrons. The Labute approximate surface area is 171 Å². The van der Waals surface area contributed by atoms with Crippen molar-refractivity contribution < 1.29 is 14.7 Å². The molecule has 6 nitrogen and oxygen atoms in total. The highest BCUT2D eigenvalue weighted by Gasteiger charge is 2.18. The van der Waals surface area contributed by atoms with E-state index in [1.807, 2.05) is 40.9 Å². The maximum atomic E-state index is 12.8. The maximum Gasteiger partial charge on any atom is 0.337 e. The smallest absolute Gasteiger partial charge is 0.337 e. The first-order chi connectivity index (χ1) is 14.0. The average Bonchev–Trinajstić information content (AvgIpc) is 3.07. The van der Waals surface area contributed by atoms with Crippen molar-refractivity contribution in [2.45, 2.75) is 6.42 Å². The van der Waals surface area contributed by atoms with Crippen LogP contribution in [0.15, 0.2) is 72.9 Å². The van der Waals surface area contributed by atoms with Crippen LogP contribution in [0.5, 0.6) is 0 Å². The maximum absolute atomic E-state index is 12.8. The van der Waals surface area contributed by atoms with Gasteiger partial charge < -0.3 is 14.8 Å². The zero-order valence-corrected chi connectivity index (χ0v) is 15.9. The van der Waals surface area contributed by atoms with Crippen LogP contribution in [0.3, 0.4) is 0 Å². The Hall–Kier alpha value is -3.64. The van der Waals surface area contributed by atoms with E-state index >= 15 is 0 Å². The van der Waals surface area contributed by atoms with Gasteiger partial charge in [-0.3, -0.25) is 4.79 Å². The number of amides is 1. The molecule has 4 aromatic rings. The van der Waals surface area contributed by atoms with Crippen molar-refractivity contribution in [3.8, 4) is 11.3 Å². The zero-order chi connectivity index (χ0) is 20.4. The van der Waals surface area contributed by atoms with Crippen molar-refractivity contribution in [2.24, 2.45) is 0 Å². The van der Waals surface area contributed by atoms with Gasteiger partial charge in [0.15, 0.2) is 0 Å². The summed E-state index contributed by atoms with van der Waals surface area (Å²) in [5, 5.41) is 12.6. The number of carboxylic acid groups (broad SMARTS) is 1. The number of nitrogens with zero attached hydrogens (tertiary/aromatic N) is 2. The molecule has 4 rings (SSSR count). The third kappa shape index (κ3) is 3.83. The number of fused-ring (bicyclic) bond motifs is 1. The summed E-state index contributed by atoms with van der Waals surface area (Å²) in [5.41, 5.74) is 3.23. The van der Waals surface area contributed by atoms with Gasteiger partial charge in [0.2, 0.25) is 5.91 Å². The number of benzene rings is 2. The molecule has 2 aromatic carbocycles. The molecule has 0 fully saturated rings. The summed E-state index contributed by atoms with van der Waals surface area (Å²) in [6.45, 7) is 0. The van der Waals surface area contributed by atoms with Crippen molar-refractivity contribution in [3.63, 3.8) is 0 Å². The van der Waals surface area contributed by atoms with Crippen LogP contribution in [0.2, 0.25) is 5.02 Å². The third-order valence-electron chi connectivity index (χ3n) is 4.51. The van der Waals surface area contributed by atoms with Crippen LogP contribution in [-0.2, 0) is 11.2 Å². The normalized spacial score (nSPS) is 10.8. The van der Waals surface area contributed by atoms with Crippen LogP contribution in [0, 0.1) is 0 Å². The number of carbonyl (C=O) groups is 2. The van der Waals surface area contributed by atoms with Gasteiger partial charge in [-0.15, -0.1) is 0 Å². The van der Waals surface area contributed by atoms with E-state index in [0.29, 0.717) is 22.1 Å². The lowest BCUT2D eigenvalue weighted by Crippen LogP contribution is -2.18. The fraction of sp³-hybridized carbons (Fsp3) is 0.0455. The Morgan fingerprint density at radius 2 is 1.72 bits per heavy atom. The SMILES string of the molecule is O=C(Cc1c(-c2ccc(Cl)cc2)nc2ccccn12)Nc1ccccc1C(=O)O. The van der Waals surface area contributed by atoms with Crippen molar-refractivity contribution in [1.82, 2.24) is 9.38 Å². The number of hydrogen-bond acceptors (Lipinski definition) is 3. The minimum absolute atomic E-state index is 0.0249. The minimum atomic E-state index is -1.10. The van der Waals surface area contributed by atoms with Gasteiger partial charge in [-0.25, -0.2) is 9.78 Å². The molecule has 0 saturated carbocycles. The number of aromatic carboxylic acids is 1. The number of aromatic nitrogens is 2. The van der Waals surface area contributed by atoms with E-state index in [1.165, 1.54) is 6.07 Å². The Bertz CT molecular complexity index is 1220. The molecule has 2 aromatic heterocycles. The minimum Gasteiger partial charge on any atom is -0.478 e. The molecule has 0 spiro atoms. The Morgan fingerprint density at radius 1 is 1.00 bits per heavy atom. The molecular weight excluding hydrogens is 390 g/mol. The topological polar surface area (TPSA) is 83.7 Å². The number of nitrogens with one attached hydrogen (secondary N) is 1. The van der Waals surface area contributed by atoms with E-state index < -0.39 is 5.97 Å². The van der Waals surface area contributed by atoms with Gasteiger partial charge in [0, 0.05) is 16.8 Å². The molecule has 0 atom stereocenters. The monoisotopic (exact) mass is 405 g/mol. The van der Waals surface area contributed by atoms with Gasteiger partial charge >= 0.3 is 5.97 Å². The summed E-state index contributed by atoms with van der Waals surface area (Å²) in [4.78, 5) is 28.8. The Morgan fingerprint density at radius 3 is 2.48 bits per heavy atom. The number of anilines is 1. The van der Waals surface area contributed by atoms with E-state index in [2.05, 4.69) is 10.3 Å². The van der Waals surface area contributed by atoms with Gasteiger partial charge in [-0.05, 0) is 36.4 Å². The summed E-state index contributed by atoms with van der Waals surface area (Å²) < 4.78 is 1.85.